The zero-order valence-corrected chi connectivity index (χ0v) is 19.6. The van der Waals surface area contributed by atoms with Crippen molar-refractivity contribution >= 4 is 59.0 Å². The zero-order chi connectivity index (χ0) is 21.6. The molecule has 0 atom stereocenters. The molecule has 0 bridgehead atoms. The summed E-state index contributed by atoms with van der Waals surface area (Å²) in [5.41, 5.74) is 5.51. The lowest BCUT2D eigenvalue weighted by Crippen LogP contribution is -2.15. The van der Waals surface area contributed by atoms with Crippen molar-refractivity contribution in [3.63, 3.8) is 0 Å². The molecule has 0 unspecified atom stereocenters. The van der Waals surface area contributed by atoms with Gasteiger partial charge in [-0.1, -0.05) is 109 Å². The van der Waals surface area contributed by atoms with Crippen LogP contribution in [0.15, 0.2) is 95.5 Å². The van der Waals surface area contributed by atoms with Crippen molar-refractivity contribution in [2.24, 2.45) is 0 Å². The molecule has 152 valence electrons. The molecule has 0 saturated carbocycles. The Morgan fingerprint density at radius 3 is 2.09 bits per heavy atom. The molecule has 1 heteroatoms. The molecule has 32 heavy (non-hydrogen) atoms. The van der Waals surface area contributed by atoms with Crippen molar-refractivity contribution in [3.05, 3.63) is 107 Å². The second-order valence-electron chi connectivity index (χ2n) is 9.48. The van der Waals surface area contributed by atoms with E-state index >= 15 is 0 Å². The van der Waals surface area contributed by atoms with Gasteiger partial charge in [0.15, 0.2) is 0 Å². The van der Waals surface area contributed by atoms with Gasteiger partial charge < -0.3 is 0 Å². The molecule has 6 aromatic carbocycles. The molecule has 0 heterocycles. The summed E-state index contributed by atoms with van der Waals surface area (Å²) in [6.45, 7) is 4.76. The van der Waals surface area contributed by atoms with Gasteiger partial charge in [-0.05, 0) is 77.5 Å². The van der Waals surface area contributed by atoms with Crippen LogP contribution in [-0.4, -0.2) is 0 Å². The highest BCUT2D eigenvalue weighted by Crippen LogP contribution is 2.54. The first-order valence-corrected chi connectivity index (χ1v) is 11.9. The Kier molecular flexibility index (Phi) is 3.57. The van der Waals surface area contributed by atoms with Crippen molar-refractivity contribution in [1.82, 2.24) is 0 Å². The Hall–Kier alpha value is -3.16. The van der Waals surface area contributed by atoms with Crippen LogP contribution in [0.5, 0.6) is 0 Å². The van der Waals surface area contributed by atoms with E-state index in [1.807, 2.05) is 0 Å². The summed E-state index contributed by atoms with van der Waals surface area (Å²) in [6, 6.07) is 33.8. The maximum absolute atomic E-state index is 3.70. The van der Waals surface area contributed by atoms with Gasteiger partial charge in [0.25, 0.3) is 0 Å². The lowest BCUT2D eigenvalue weighted by Gasteiger charge is -2.25. The molecule has 0 aromatic heterocycles. The third-order valence-electron chi connectivity index (χ3n) is 7.46. The number of halogens is 1. The second-order valence-corrected chi connectivity index (χ2v) is 10.4. The highest BCUT2D eigenvalue weighted by atomic mass is 79.9. The first-order chi connectivity index (χ1) is 15.6. The highest BCUT2D eigenvalue weighted by molar-refractivity contribution is 9.10. The Morgan fingerprint density at radius 1 is 0.562 bits per heavy atom. The van der Waals surface area contributed by atoms with Crippen LogP contribution in [0.25, 0.3) is 54.2 Å². The fraction of sp³-hybridized carbons (Fsp3) is 0.0968. The largest absolute Gasteiger partial charge is 0.0616 e. The molecular formula is C31H21Br. The van der Waals surface area contributed by atoms with E-state index in [-0.39, 0.29) is 5.41 Å². The fourth-order valence-corrected chi connectivity index (χ4v) is 6.47. The Labute approximate surface area is 195 Å². The molecule has 7 rings (SSSR count). The molecule has 1 aliphatic carbocycles. The van der Waals surface area contributed by atoms with Gasteiger partial charge in [0.1, 0.15) is 0 Å². The summed E-state index contributed by atoms with van der Waals surface area (Å²) in [4.78, 5) is 0. The first-order valence-electron chi connectivity index (χ1n) is 11.2. The minimum absolute atomic E-state index is 0.0636. The predicted octanol–water partition coefficient (Wildman–Crippen LogP) is 9.37. The predicted molar refractivity (Wildman–Crippen MR) is 142 cm³/mol. The van der Waals surface area contributed by atoms with Gasteiger partial charge in [0.2, 0.25) is 0 Å². The van der Waals surface area contributed by atoms with E-state index in [4.69, 9.17) is 0 Å². The van der Waals surface area contributed by atoms with Crippen molar-refractivity contribution in [1.29, 1.82) is 0 Å². The Morgan fingerprint density at radius 2 is 1.25 bits per heavy atom. The van der Waals surface area contributed by atoms with Crippen LogP contribution >= 0.6 is 15.9 Å². The fourth-order valence-electron chi connectivity index (χ4n) is 6.11. The van der Waals surface area contributed by atoms with E-state index in [0.717, 1.165) is 4.47 Å². The summed E-state index contributed by atoms with van der Waals surface area (Å²) in [6.07, 6.45) is 0. The van der Waals surface area contributed by atoms with Crippen LogP contribution in [0.4, 0.5) is 0 Å². The number of hydrogen-bond acceptors (Lipinski definition) is 0. The summed E-state index contributed by atoms with van der Waals surface area (Å²) in [5.74, 6) is 0. The van der Waals surface area contributed by atoms with E-state index in [1.54, 1.807) is 0 Å². The van der Waals surface area contributed by atoms with Gasteiger partial charge in [-0.2, -0.15) is 0 Å². The first kappa shape index (κ1) is 18.4. The summed E-state index contributed by atoms with van der Waals surface area (Å²) >= 11 is 3.70. The van der Waals surface area contributed by atoms with Crippen LogP contribution in [0.3, 0.4) is 0 Å². The molecular weight excluding hydrogens is 452 g/mol. The van der Waals surface area contributed by atoms with Gasteiger partial charge in [-0.15, -0.1) is 0 Å². The number of rotatable bonds is 0. The molecule has 0 radical (unpaired) electrons. The van der Waals surface area contributed by atoms with Crippen LogP contribution < -0.4 is 0 Å². The van der Waals surface area contributed by atoms with Gasteiger partial charge in [0, 0.05) is 9.89 Å². The van der Waals surface area contributed by atoms with E-state index in [1.165, 1.54) is 65.3 Å². The summed E-state index contributed by atoms with van der Waals surface area (Å²) in [5, 5.41) is 10.8. The second kappa shape index (κ2) is 6.21. The SMILES string of the molecule is CC1(C)c2ccc(Br)cc2-c2ccc3c(c21)c1ccccc1c1ccc2ccccc2c13. The standard InChI is InChI=1S/C31H21Br/c1-31(2)27-16-12-19(32)17-26(27)24-14-15-25-28-20-8-4-3-7-18(20)11-13-23(28)21-9-5-6-10-22(21)29(25)30(24)31/h3-17H,1-2H3. The molecule has 0 aliphatic heterocycles. The maximum atomic E-state index is 3.70. The molecule has 0 saturated heterocycles. The van der Waals surface area contributed by atoms with E-state index in [2.05, 4.69) is 121 Å². The lowest BCUT2D eigenvalue weighted by atomic mass is 9.78. The number of hydrogen-bond donors (Lipinski definition) is 0. The van der Waals surface area contributed by atoms with Crippen LogP contribution in [-0.2, 0) is 5.41 Å². The quantitative estimate of drug-likeness (QED) is 0.193. The van der Waals surface area contributed by atoms with Crippen LogP contribution in [0.1, 0.15) is 25.0 Å². The van der Waals surface area contributed by atoms with E-state index < -0.39 is 0 Å². The van der Waals surface area contributed by atoms with Crippen LogP contribution in [0.2, 0.25) is 0 Å². The van der Waals surface area contributed by atoms with E-state index in [9.17, 15) is 0 Å². The number of fused-ring (bicyclic) bond motifs is 12. The average molecular weight is 473 g/mol. The monoisotopic (exact) mass is 472 g/mol. The van der Waals surface area contributed by atoms with Crippen LogP contribution in [0, 0.1) is 0 Å². The average Bonchev–Trinajstić information content (AvgIpc) is 3.04. The molecule has 0 spiro atoms. The van der Waals surface area contributed by atoms with Gasteiger partial charge in [-0.3, -0.25) is 0 Å². The van der Waals surface area contributed by atoms with Gasteiger partial charge >= 0.3 is 0 Å². The van der Waals surface area contributed by atoms with Crippen molar-refractivity contribution in [3.8, 4) is 11.1 Å². The Bertz CT molecular complexity index is 1750. The summed E-state index contributed by atoms with van der Waals surface area (Å²) < 4.78 is 1.13. The zero-order valence-electron chi connectivity index (χ0n) is 18.0. The van der Waals surface area contributed by atoms with Crippen molar-refractivity contribution in [2.45, 2.75) is 19.3 Å². The highest BCUT2D eigenvalue weighted by Gasteiger charge is 2.37. The third-order valence-corrected chi connectivity index (χ3v) is 7.95. The molecule has 1 aliphatic rings. The molecule has 0 fully saturated rings. The maximum Gasteiger partial charge on any atom is 0.0181 e. The minimum Gasteiger partial charge on any atom is -0.0616 e. The van der Waals surface area contributed by atoms with E-state index in [0.29, 0.717) is 0 Å². The van der Waals surface area contributed by atoms with Crippen molar-refractivity contribution < 1.29 is 0 Å². The van der Waals surface area contributed by atoms with Gasteiger partial charge in [0.05, 0.1) is 0 Å². The lowest BCUT2D eigenvalue weighted by molar-refractivity contribution is 0.666. The molecule has 0 N–H and O–H groups in total. The third kappa shape index (κ3) is 2.22. The normalized spacial score (nSPS) is 14.3. The molecule has 0 nitrogen and oxygen atoms in total. The summed E-state index contributed by atoms with van der Waals surface area (Å²) in [7, 11) is 0. The Balaban J connectivity index is 1.80. The topological polar surface area (TPSA) is 0 Å². The van der Waals surface area contributed by atoms with Gasteiger partial charge in [-0.25, -0.2) is 0 Å². The molecule has 6 aromatic rings. The molecule has 0 amide bonds. The number of benzene rings is 6. The minimum atomic E-state index is -0.0636. The smallest absolute Gasteiger partial charge is 0.0181 e. The van der Waals surface area contributed by atoms with Crippen molar-refractivity contribution in [2.75, 3.05) is 0 Å².